The molecule has 8 rings (SSSR count). The Morgan fingerprint density at radius 2 is 0.887 bits per heavy atom. The van der Waals surface area contributed by atoms with E-state index in [0.29, 0.717) is 54.8 Å². The summed E-state index contributed by atoms with van der Waals surface area (Å²) in [5, 5.41) is 48.2. The van der Waals surface area contributed by atoms with Crippen LogP contribution in [0.25, 0.3) is 0 Å². The fourth-order valence-corrected chi connectivity index (χ4v) is 20.2. The zero-order chi connectivity index (χ0) is 60.8. The van der Waals surface area contributed by atoms with Gasteiger partial charge in [0.1, 0.15) is 0 Å². The van der Waals surface area contributed by atoms with E-state index in [2.05, 4.69) is 68.5 Å². The first-order valence-corrected chi connectivity index (χ1v) is 32.9. The van der Waals surface area contributed by atoms with Crippen molar-refractivity contribution >= 4 is 8.32 Å². The van der Waals surface area contributed by atoms with Crippen LogP contribution in [0.15, 0.2) is 24.3 Å². The third-order valence-electron chi connectivity index (χ3n) is 24.2. The SMILES string of the molecule is CCO.C[C@@H]1CC[C@]2(C)C3CC[C@@]4(C)C(CC[C@@H]4[C@H](C)/C=C/C(O)(C(F)(F)F)C(F)(F)F)C3C[C@H](O[Si](C)(C)C(C)(C)C)[C@@H]2C1.C[C@H](/C=C/C(O)(C(F)(F)F)C(F)(F)F)[C@H]1CCC2C3C[C@H](O)[C@@H]4C[C@H](O)CC[C@]4(C)C3CC[C@@]21C. The number of halogens is 12. The van der Waals surface area contributed by atoms with Crippen molar-refractivity contribution in [3.63, 3.8) is 0 Å². The summed E-state index contributed by atoms with van der Waals surface area (Å²) in [6.07, 6.45) is -7.98. The molecule has 0 radical (unpaired) electrons. The normalized spacial score (nSPS) is 41.7. The molecular weight excluding hydrogens is 1080 g/mol. The number of aliphatic hydroxyl groups excluding tert-OH is 3. The lowest BCUT2D eigenvalue weighted by Gasteiger charge is -2.64. The molecule has 6 nitrogen and oxygen atoms in total. The van der Waals surface area contributed by atoms with Crippen LogP contribution in [0.5, 0.6) is 0 Å². The van der Waals surface area contributed by atoms with Gasteiger partial charge in [-0.15, -0.1) is 0 Å². The Hall–Kier alpha value is -1.38. The standard InChI is InChI=1S/C33H54F6O2Si.C26H38F6O3.C2H6O/c1-20-12-15-30(7)25-14-16-29(6)23(21(2)13-17-31(40,32(34,35)36)33(37,38)39)10-11-24(29)22(25)19-27(26(30)18-20)41-42(8,9)28(3,4)5;1-14(6-11-24(35,25(27,28)29)26(30,31)32)17-4-5-18-16-13-21(34)20-12-15(33)7-9-23(20,3)19(16)8-10-22(17,18)2;1-2-3/h13,17,20-27,40H,10-12,14-16,18-19H2,1-9H3;6,11,14-21,33-35H,4-5,7-10,12-13H2,1-3H3;3H,2H2,1H3/b17-13+;11-6+;/t20-,21-,22?,23-,24?,25?,26+,27+,29-,30-;14-,15-,16?,17-,18?,19?,20+,21+,22-,23-;/m11./s1. The van der Waals surface area contributed by atoms with Crippen molar-refractivity contribution in [2.45, 2.75) is 251 Å². The van der Waals surface area contributed by atoms with E-state index in [9.17, 15) is 73.1 Å². The first-order chi connectivity index (χ1) is 36.3. The molecule has 0 aliphatic heterocycles. The number of hydrogen-bond acceptors (Lipinski definition) is 6. The summed E-state index contributed by atoms with van der Waals surface area (Å²) in [6, 6.07) is 0. The van der Waals surface area contributed by atoms with E-state index in [1.165, 1.54) is 19.3 Å². The highest BCUT2D eigenvalue weighted by Gasteiger charge is 2.71. The number of allylic oxidation sites excluding steroid dienone is 2. The molecule has 8 aliphatic rings. The molecule has 0 aromatic rings. The average molecular weight is 1180 g/mol. The number of hydrogen-bond donors (Lipinski definition) is 5. The van der Waals surface area contributed by atoms with E-state index in [1.54, 1.807) is 20.8 Å². The molecule has 80 heavy (non-hydrogen) atoms. The predicted octanol–water partition coefficient (Wildman–Crippen LogP) is 16.4. The van der Waals surface area contributed by atoms with Crippen molar-refractivity contribution in [3.05, 3.63) is 24.3 Å². The summed E-state index contributed by atoms with van der Waals surface area (Å²) in [5.74, 6) is 2.27. The minimum absolute atomic E-state index is 0.0397. The Bertz CT molecular complexity index is 2130. The number of fused-ring (bicyclic) bond motifs is 10. The van der Waals surface area contributed by atoms with Gasteiger partial charge in [0.2, 0.25) is 0 Å². The molecule has 0 saturated heterocycles. The fourth-order valence-electron chi connectivity index (χ4n) is 18.8. The molecule has 6 unspecified atom stereocenters. The Balaban J connectivity index is 0.000000249. The Kier molecular flexibility index (Phi) is 19.5. The van der Waals surface area contributed by atoms with Crippen molar-refractivity contribution in [2.24, 2.45) is 98.6 Å². The second-order valence-corrected chi connectivity index (χ2v) is 34.2. The Morgan fingerprint density at radius 3 is 1.29 bits per heavy atom. The predicted molar refractivity (Wildman–Crippen MR) is 288 cm³/mol. The highest BCUT2D eigenvalue weighted by molar-refractivity contribution is 6.74. The average Bonchev–Trinajstić information content (AvgIpc) is 3.99. The van der Waals surface area contributed by atoms with Crippen LogP contribution in [0, 0.1) is 98.6 Å². The Labute approximate surface area is 470 Å². The number of aliphatic hydroxyl groups is 5. The van der Waals surface area contributed by atoms with Gasteiger partial charge in [-0.05, 0) is 232 Å². The van der Waals surface area contributed by atoms with Gasteiger partial charge in [0, 0.05) is 12.7 Å². The van der Waals surface area contributed by atoms with Crippen LogP contribution in [0.3, 0.4) is 0 Å². The highest BCUT2D eigenvalue weighted by atomic mass is 28.4. The summed E-state index contributed by atoms with van der Waals surface area (Å²) in [4.78, 5) is 0. The van der Waals surface area contributed by atoms with Gasteiger partial charge >= 0.3 is 24.7 Å². The van der Waals surface area contributed by atoms with Crippen LogP contribution in [-0.2, 0) is 4.43 Å². The van der Waals surface area contributed by atoms with Crippen molar-refractivity contribution in [3.8, 4) is 0 Å². The number of rotatable bonds is 8. The van der Waals surface area contributed by atoms with Crippen LogP contribution in [-0.4, -0.2) is 94.7 Å². The molecular formula is C61H98F12O6Si. The summed E-state index contributed by atoms with van der Waals surface area (Å²) < 4.78 is 166. The zero-order valence-electron chi connectivity index (χ0n) is 49.7. The van der Waals surface area contributed by atoms with Crippen LogP contribution in [0.1, 0.15) is 179 Å². The first-order valence-electron chi connectivity index (χ1n) is 30.0. The van der Waals surface area contributed by atoms with Crippen molar-refractivity contribution in [2.75, 3.05) is 6.61 Å². The largest absolute Gasteiger partial charge is 0.429 e. The summed E-state index contributed by atoms with van der Waals surface area (Å²) in [7, 11) is -2.04. The van der Waals surface area contributed by atoms with Gasteiger partial charge in [0.25, 0.3) is 11.2 Å². The maximum atomic E-state index is 13.4. The second kappa shape index (κ2) is 23.0. The van der Waals surface area contributed by atoms with Crippen molar-refractivity contribution < 1.29 is 82.6 Å². The second-order valence-electron chi connectivity index (χ2n) is 29.5. The molecule has 19 heteroatoms. The Morgan fingerprint density at radius 1 is 0.525 bits per heavy atom. The molecule has 20 atom stereocenters. The van der Waals surface area contributed by atoms with Crippen LogP contribution in [0.4, 0.5) is 52.7 Å². The smallest absolute Gasteiger partial charge is 0.414 e. The highest BCUT2D eigenvalue weighted by Crippen LogP contribution is 2.71. The molecule has 0 aromatic heterocycles. The van der Waals surface area contributed by atoms with Gasteiger partial charge in [-0.2, -0.15) is 52.7 Å². The zero-order valence-corrected chi connectivity index (χ0v) is 50.7. The van der Waals surface area contributed by atoms with Gasteiger partial charge in [-0.3, -0.25) is 0 Å². The third-order valence-corrected chi connectivity index (χ3v) is 28.8. The molecule has 8 saturated carbocycles. The van der Waals surface area contributed by atoms with Crippen LogP contribution >= 0.6 is 0 Å². The van der Waals surface area contributed by atoms with Crippen molar-refractivity contribution in [1.82, 2.24) is 0 Å². The molecule has 0 amide bonds. The lowest BCUT2D eigenvalue weighted by Crippen LogP contribution is -2.60. The topological polar surface area (TPSA) is 110 Å². The van der Waals surface area contributed by atoms with E-state index < -0.39 is 62.2 Å². The maximum absolute atomic E-state index is 13.4. The molecule has 8 aliphatic carbocycles. The molecule has 0 heterocycles. The number of alkyl halides is 12. The summed E-state index contributed by atoms with van der Waals surface area (Å²) in [6.45, 7) is 28.2. The van der Waals surface area contributed by atoms with Gasteiger partial charge < -0.3 is 30.0 Å². The van der Waals surface area contributed by atoms with E-state index in [-0.39, 0.29) is 87.3 Å². The molecule has 466 valence electrons. The van der Waals surface area contributed by atoms with E-state index in [4.69, 9.17) is 9.53 Å². The monoisotopic (exact) mass is 1180 g/mol. The summed E-state index contributed by atoms with van der Waals surface area (Å²) >= 11 is 0. The van der Waals surface area contributed by atoms with E-state index in [0.717, 1.165) is 76.4 Å². The van der Waals surface area contributed by atoms with Gasteiger partial charge in [0.15, 0.2) is 8.32 Å². The fraction of sp³-hybridized carbons (Fsp3) is 0.934. The third kappa shape index (κ3) is 12.1. The summed E-state index contributed by atoms with van der Waals surface area (Å²) in [5.41, 5.74) is -10.0. The van der Waals surface area contributed by atoms with E-state index >= 15 is 0 Å². The minimum atomic E-state index is -5.86. The van der Waals surface area contributed by atoms with Gasteiger partial charge in [-0.25, -0.2) is 0 Å². The lowest BCUT2D eigenvalue weighted by molar-refractivity contribution is -0.348. The molecule has 0 aromatic carbocycles. The van der Waals surface area contributed by atoms with Crippen LogP contribution in [0.2, 0.25) is 18.1 Å². The molecule has 0 spiro atoms. The maximum Gasteiger partial charge on any atom is 0.429 e. The van der Waals surface area contributed by atoms with Gasteiger partial charge in [0.05, 0.1) is 12.2 Å². The first kappa shape index (κ1) is 67.7. The molecule has 5 N–H and O–H groups in total. The van der Waals surface area contributed by atoms with E-state index in [1.807, 2.05) is 0 Å². The quantitative estimate of drug-likeness (QED) is 0.0941. The van der Waals surface area contributed by atoms with Crippen molar-refractivity contribution in [1.29, 1.82) is 0 Å². The van der Waals surface area contributed by atoms with Crippen LogP contribution < -0.4 is 0 Å². The van der Waals surface area contributed by atoms with Gasteiger partial charge in [-0.1, -0.05) is 87.8 Å². The lowest BCUT2D eigenvalue weighted by atomic mass is 9.43. The molecule has 8 fully saturated rings. The minimum Gasteiger partial charge on any atom is -0.414 e. The molecule has 0 bridgehead atoms.